The van der Waals surface area contributed by atoms with Gasteiger partial charge in [-0.05, 0) is 34.4 Å². The van der Waals surface area contributed by atoms with Crippen LogP contribution in [0.1, 0.15) is 56.8 Å². The van der Waals surface area contributed by atoms with Crippen molar-refractivity contribution in [1.29, 1.82) is 0 Å². The molecule has 0 aromatic heterocycles. The predicted molar refractivity (Wildman–Crippen MR) is 136 cm³/mol. The fourth-order valence-corrected chi connectivity index (χ4v) is 4.59. The Morgan fingerprint density at radius 1 is 0.818 bits per heavy atom. The molecule has 0 unspecified atom stereocenters. The maximum atomic E-state index is 13.7. The average Bonchev–Trinajstić information content (AvgIpc) is 2.81. The lowest BCUT2D eigenvalue weighted by Gasteiger charge is -2.36. The van der Waals surface area contributed by atoms with Crippen LogP contribution in [0.3, 0.4) is 0 Å². The summed E-state index contributed by atoms with van der Waals surface area (Å²) < 4.78 is 5.92. The first-order valence-corrected chi connectivity index (χ1v) is 11.9. The molecule has 0 saturated heterocycles. The molecule has 3 aromatic carbocycles. The summed E-state index contributed by atoms with van der Waals surface area (Å²) in [4.78, 5) is 13.7. The highest BCUT2D eigenvalue weighted by Gasteiger charge is 2.36. The van der Waals surface area contributed by atoms with Crippen molar-refractivity contribution < 1.29 is 9.53 Å². The number of nitrogens with one attached hydrogen (secondary N) is 1. The number of hydrogen-bond donors (Lipinski definition) is 1. The second-order valence-electron chi connectivity index (χ2n) is 9.91. The van der Waals surface area contributed by atoms with Crippen LogP contribution in [-0.4, -0.2) is 12.5 Å². The van der Waals surface area contributed by atoms with E-state index in [0.29, 0.717) is 13.2 Å². The molecule has 3 heteroatoms. The zero-order valence-corrected chi connectivity index (χ0v) is 20.3. The van der Waals surface area contributed by atoms with Crippen molar-refractivity contribution in [2.24, 2.45) is 17.3 Å². The Bertz CT molecular complexity index is 925. The second kappa shape index (κ2) is 11.8. The number of ether oxygens (including phenoxy) is 1. The largest absolute Gasteiger partial charge is 0.377 e. The molecule has 3 aromatic rings. The van der Waals surface area contributed by atoms with Gasteiger partial charge < -0.3 is 10.1 Å². The standard InChI is InChI=1S/C30H37NO2/c1-23(20-21-33-22-24-14-8-5-9-15-24)27(30(2,3)4)29(32)31-28(25-16-10-6-11-17-25)26-18-12-7-13-19-26/h5-19,23,27-28H,20-22H2,1-4H3,(H,31,32)/t23-,27-/m1/s1. The fraction of sp³-hybridized carbons (Fsp3) is 0.367. The Kier molecular flexibility index (Phi) is 8.85. The van der Waals surface area contributed by atoms with Crippen molar-refractivity contribution in [2.75, 3.05) is 6.61 Å². The minimum Gasteiger partial charge on any atom is -0.377 e. The van der Waals surface area contributed by atoms with Gasteiger partial charge in [-0.1, -0.05) is 119 Å². The normalized spacial score (nSPS) is 13.5. The summed E-state index contributed by atoms with van der Waals surface area (Å²) in [6.07, 6.45) is 0.837. The van der Waals surface area contributed by atoms with Gasteiger partial charge in [-0.15, -0.1) is 0 Å². The molecule has 0 spiro atoms. The third-order valence-electron chi connectivity index (χ3n) is 6.17. The summed E-state index contributed by atoms with van der Waals surface area (Å²) in [6.45, 7) is 9.86. The highest BCUT2D eigenvalue weighted by Crippen LogP contribution is 2.35. The topological polar surface area (TPSA) is 38.3 Å². The number of carbonyl (C=O) groups excluding carboxylic acids is 1. The van der Waals surface area contributed by atoms with Gasteiger partial charge in [0.2, 0.25) is 5.91 Å². The highest BCUT2D eigenvalue weighted by molar-refractivity contribution is 5.80. The Labute approximate surface area is 199 Å². The van der Waals surface area contributed by atoms with Gasteiger partial charge >= 0.3 is 0 Å². The SMILES string of the molecule is C[C@H](CCOCc1ccccc1)[C@H](C(=O)NC(c1ccccc1)c1ccccc1)C(C)(C)C. The van der Waals surface area contributed by atoms with Crippen molar-refractivity contribution >= 4 is 5.91 Å². The summed E-state index contributed by atoms with van der Waals surface area (Å²) in [5, 5.41) is 3.37. The third kappa shape index (κ3) is 7.30. The third-order valence-corrected chi connectivity index (χ3v) is 6.17. The van der Waals surface area contributed by atoms with Crippen LogP contribution < -0.4 is 5.32 Å². The molecular weight excluding hydrogens is 406 g/mol. The van der Waals surface area contributed by atoms with E-state index in [1.165, 1.54) is 5.56 Å². The maximum absolute atomic E-state index is 13.7. The van der Waals surface area contributed by atoms with Crippen molar-refractivity contribution in [3.63, 3.8) is 0 Å². The van der Waals surface area contributed by atoms with Crippen LogP contribution in [0.4, 0.5) is 0 Å². The molecule has 0 aliphatic rings. The van der Waals surface area contributed by atoms with E-state index in [2.05, 4.69) is 69.4 Å². The second-order valence-corrected chi connectivity index (χ2v) is 9.91. The molecule has 0 bridgehead atoms. The predicted octanol–water partition coefficient (Wildman–Crippen LogP) is 6.80. The van der Waals surface area contributed by atoms with E-state index in [0.717, 1.165) is 17.5 Å². The van der Waals surface area contributed by atoms with Crippen LogP contribution in [-0.2, 0) is 16.1 Å². The minimum atomic E-state index is -0.175. The molecule has 3 nitrogen and oxygen atoms in total. The molecule has 1 N–H and O–H groups in total. The smallest absolute Gasteiger partial charge is 0.224 e. The molecule has 174 valence electrons. The molecule has 1 amide bonds. The lowest BCUT2D eigenvalue weighted by molar-refractivity contribution is -0.131. The van der Waals surface area contributed by atoms with Gasteiger partial charge in [-0.3, -0.25) is 4.79 Å². The van der Waals surface area contributed by atoms with E-state index in [9.17, 15) is 4.79 Å². The van der Waals surface area contributed by atoms with Crippen LogP contribution in [0.5, 0.6) is 0 Å². The molecule has 0 fully saturated rings. The van der Waals surface area contributed by atoms with E-state index in [1.54, 1.807) is 0 Å². The van der Waals surface area contributed by atoms with Crippen LogP contribution >= 0.6 is 0 Å². The lowest BCUT2D eigenvalue weighted by atomic mass is 9.72. The van der Waals surface area contributed by atoms with Gasteiger partial charge in [-0.2, -0.15) is 0 Å². The molecule has 0 aliphatic heterocycles. The van der Waals surface area contributed by atoms with Crippen molar-refractivity contribution in [2.45, 2.75) is 46.8 Å². The number of amides is 1. The van der Waals surface area contributed by atoms with Gasteiger partial charge in [0.05, 0.1) is 12.6 Å². The van der Waals surface area contributed by atoms with Crippen molar-refractivity contribution in [3.05, 3.63) is 108 Å². The van der Waals surface area contributed by atoms with Crippen LogP contribution in [0, 0.1) is 17.3 Å². The lowest BCUT2D eigenvalue weighted by Crippen LogP contribution is -2.43. The number of rotatable bonds is 10. The number of carbonyl (C=O) groups is 1. The van der Waals surface area contributed by atoms with Crippen molar-refractivity contribution in [1.82, 2.24) is 5.32 Å². The van der Waals surface area contributed by atoms with E-state index in [1.807, 2.05) is 54.6 Å². The Balaban J connectivity index is 1.69. The maximum Gasteiger partial charge on any atom is 0.224 e. The first-order valence-electron chi connectivity index (χ1n) is 11.9. The molecule has 0 saturated carbocycles. The van der Waals surface area contributed by atoms with Crippen LogP contribution in [0.15, 0.2) is 91.0 Å². The molecular formula is C30H37NO2. The fourth-order valence-electron chi connectivity index (χ4n) is 4.59. The Morgan fingerprint density at radius 3 is 1.79 bits per heavy atom. The van der Waals surface area contributed by atoms with E-state index < -0.39 is 0 Å². The highest BCUT2D eigenvalue weighted by atomic mass is 16.5. The van der Waals surface area contributed by atoms with Gasteiger partial charge in [0, 0.05) is 12.5 Å². The van der Waals surface area contributed by atoms with Gasteiger partial charge in [0.1, 0.15) is 0 Å². The van der Waals surface area contributed by atoms with E-state index >= 15 is 0 Å². The Hall–Kier alpha value is -2.91. The number of benzene rings is 3. The summed E-state index contributed by atoms with van der Waals surface area (Å²) in [6, 6.07) is 30.4. The quantitative estimate of drug-likeness (QED) is 0.350. The molecule has 3 rings (SSSR count). The molecule has 0 heterocycles. The summed E-state index contributed by atoms with van der Waals surface area (Å²) >= 11 is 0. The van der Waals surface area contributed by atoms with Gasteiger partial charge in [-0.25, -0.2) is 0 Å². The summed E-state index contributed by atoms with van der Waals surface area (Å²) in [5.41, 5.74) is 3.18. The monoisotopic (exact) mass is 443 g/mol. The first kappa shape index (κ1) is 24.7. The molecule has 0 radical (unpaired) electrons. The Morgan fingerprint density at radius 2 is 1.30 bits per heavy atom. The molecule has 33 heavy (non-hydrogen) atoms. The van der Waals surface area contributed by atoms with Crippen molar-refractivity contribution in [3.8, 4) is 0 Å². The van der Waals surface area contributed by atoms with E-state index in [4.69, 9.17) is 4.74 Å². The molecule has 0 aliphatic carbocycles. The van der Waals surface area contributed by atoms with E-state index in [-0.39, 0.29) is 29.2 Å². The summed E-state index contributed by atoms with van der Waals surface area (Å²) in [7, 11) is 0. The zero-order valence-electron chi connectivity index (χ0n) is 20.3. The summed E-state index contributed by atoms with van der Waals surface area (Å²) in [5.74, 6) is 0.150. The van der Waals surface area contributed by atoms with Crippen LogP contribution in [0.25, 0.3) is 0 Å². The molecule has 2 atom stereocenters. The van der Waals surface area contributed by atoms with Gasteiger partial charge in [0.25, 0.3) is 0 Å². The number of hydrogen-bond acceptors (Lipinski definition) is 2. The zero-order chi connectivity index (χ0) is 23.7. The first-order chi connectivity index (χ1) is 15.9. The van der Waals surface area contributed by atoms with Crippen LogP contribution in [0.2, 0.25) is 0 Å². The van der Waals surface area contributed by atoms with Gasteiger partial charge in [0.15, 0.2) is 0 Å². The minimum absolute atomic E-state index is 0.0933. The average molecular weight is 444 g/mol.